The Labute approximate surface area is 107 Å². The van der Waals surface area contributed by atoms with E-state index in [1.54, 1.807) is 0 Å². The Balaban J connectivity index is 1.79. The van der Waals surface area contributed by atoms with Crippen LogP contribution in [0.5, 0.6) is 0 Å². The van der Waals surface area contributed by atoms with Crippen molar-refractivity contribution in [3.05, 3.63) is 36.2 Å². The van der Waals surface area contributed by atoms with Gasteiger partial charge in [0, 0.05) is 35.9 Å². The number of aromatic amines is 1. The molecule has 0 spiro atoms. The summed E-state index contributed by atoms with van der Waals surface area (Å²) in [4.78, 5) is 10.3. The van der Waals surface area contributed by atoms with Crippen LogP contribution >= 0.6 is 0 Å². The van der Waals surface area contributed by atoms with E-state index >= 15 is 0 Å². The van der Waals surface area contributed by atoms with Crippen molar-refractivity contribution < 1.29 is 0 Å². The SMILES string of the molecule is C1=C(c2c[nH]c3ncccc23)CCN2CCCC12. The zero-order chi connectivity index (χ0) is 11.9. The molecular weight excluding hydrogens is 222 g/mol. The lowest BCUT2D eigenvalue weighted by Gasteiger charge is -2.28. The van der Waals surface area contributed by atoms with Gasteiger partial charge in [-0.3, -0.25) is 4.90 Å². The van der Waals surface area contributed by atoms with E-state index in [4.69, 9.17) is 0 Å². The maximum Gasteiger partial charge on any atom is 0.137 e. The highest BCUT2D eigenvalue weighted by Crippen LogP contribution is 2.33. The normalized spacial score (nSPS) is 24.2. The van der Waals surface area contributed by atoms with E-state index in [2.05, 4.69) is 33.2 Å². The molecule has 2 aliphatic rings. The third-order valence-electron chi connectivity index (χ3n) is 4.27. The Morgan fingerprint density at radius 3 is 3.33 bits per heavy atom. The maximum absolute atomic E-state index is 4.37. The summed E-state index contributed by atoms with van der Waals surface area (Å²) >= 11 is 0. The minimum atomic E-state index is 0.676. The summed E-state index contributed by atoms with van der Waals surface area (Å²) in [6.07, 6.45) is 10.3. The number of nitrogens with one attached hydrogen (secondary N) is 1. The molecule has 4 rings (SSSR count). The molecule has 92 valence electrons. The maximum atomic E-state index is 4.37. The Hall–Kier alpha value is -1.61. The highest BCUT2D eigenvalue weighted by molar-refractivity contribution is 5.90. The lowest BCUT2D eigenvalue weighted by Crippen LogP contribution is -2.32. The lowest BCUT2D eigenvalue weighted by atomic mass is 9.96. The first-order chi connectivity index (χ1) is 8.92. The number of aromatic nitrogens is 2. The van der Waals surface area contributed by atoms with Gasteiger partial charge in [-0.1, -0.05) is 6.08 Å². The first-order valence-electron chi connectivity index (χ1n) is 6.79. The third kappa shape index (κ3) is 1.51. The van der Waals surface area contributed by atoms with E-state index in [0.717, 1.165) is 5.65 Å². The lowest BCUT2D eigenvalue weighted by molar-refractivity contribution is 0.288. The van der Waals surface area contributed by atoms with Gasteiger partial charge in [-0.15, -0.1) is 0 Å². The molecule has 0 radical (unpaired) electrons. The average molecular weight is 239 g/mol. The summed E-state index contributed by atoms with van der Waals surface area (Å²) in [6, 6.07) is 4.86. The third-order valence-corrected chi connectivity index (χ3v) is 4.27. The van der Waals surface area contributed by atoms with Gasteiger partial charge < -0.3 is 4.98 Å². The zero-order valence-electron chi connectivity index (χ0n) is 10.4. The number of H-pyrrole nitrogens is 1. The Morgan fingerprint density at radius 1 is 1.33 bits per heavy atom. The van der Waals surface area contributed by atoms with Crippen LogP contribution in [0.1, 0.15) is 24.8 Å². The first kappa shape index (κ1) is 10.3. The fourth-order valence-electron chi connectivity index (χ4n) is 3.34. The molecule has 1 atom stereocenters. The van der Waals surface area contributed by atoms with E-state index < -0.39 is 0 Å². The molecule has 4 heterocycles. The van der Waals surface area contributed by atoms with Crippen LogP contribution in [0, 0.1) is 0 Å². The number of nitrogens with zero attached hydrogens (tertiary/aromatic N) is 2. The zero-order valence-corrected chi connectivity index (χ0v) is 10.4. The van der Waals surface area contributed by atoms with Crippen molar-refractivity contribution in [2.24, 2.45) is 0 Å². The van der Waals surface area contributed by atoms with Gasteiger partial charge in [-0.2, -0.15) is 0 Å². The van der Waals surface area contributed by atoms with Crippen LogP contribution in [-0.2, 0) is 0 Å². The van der Waals surface area contributed by atoms with Crippen molar-refractivity contribution >= 4 is 16.6 Å². The monoisotopic (exact) mass is 239 g/mol. The summed E-state index contributed by atoms with van der Waals surface area (Å²) in [7, 11) is 0. The van der Waals surface area contributed by atoms with Crippen molar-refractivity contribution in [1.82, 2.24) is 14.9 Å². The fourth-order valence-corrected chi connectivity index (χ4v) is 3.34. The molecule has 0 saturated carbocycles. The van der Waals surface area contributed by atoms with Gasteiger partial charge in [-0.05, 0) is 43.5 Å². The minimum absolute atomic E-state index is 0.676. The molecule has 2 aromatic rings. The predicted octanol–water partition coefficient (Wildman–Crippen LogP) is 2.81. The molecule has 1 N–H and O–H groups in total. The topological polar surface area (TPSA) is 31.9 Å². The number of rotatable bonds is 1. The van der Waals surface area contributed by atoms with Crippen LogP contribution in [-0.4, -0.2) is 34.0 Å². The highest BCUT2D eigenvalue weighted by Gasteiger charge is 2.27. The first-order valence-corrected chi connectivity index (χ1v) is 6.79. The molecule has 2 aliphatic heterocycles. The molecule has 2 aromatic heterocycles. The second kappa shape index (κ2) is 3.95. The number of hydrogen-bond acceptors (Lipinski definition) is 2. The van der Waals surface area contributed by atoms with Gasteiger partial charge in [0.15, 0.2) is 0 Å². The van der Waals surface area contributed by atoms with Gasteiger partial charge in [0.1, 0.15) is 5.65 Å². The second-order valence-electron chi connectivity index (χ2n) is 5.29. The Kier molecular flexibility index (Phi) is 2.27. The van der Waals surface area contributed by atoms with Crippen molar-refractivity contribution in [2.75, 3.05) is 13.1 Å². The Bertz CT molecular complexity index is 611. The van der Waals surface area contributed by atoms with E-state index in [1.807, 2.05) is 12.3 Å². The van der Waals surface area contributed by atoms with Crippen LogP contribution in [0.2, 0.25) is 0 Å². The smallest absolute Gasteiger partial charge is 0.137 e. The molecule has 3 heteroatoms. The van der Waals surface area contributed by atoms with Gasteiger partial charge in [0.2, 0.25) is 0 Å². The van der Waals surface area contributed by atoms with Crippen molar-refractivity contribution in [2.45, 2.75) is 25.3 Å². The largest absolute Gasteiger partial charge is 0.346 e. The molecule has 0 bridgehead atoms. The molecule has 1 unspecified atom stereocenters. The molecule has 1 saturated heterocycles. The van der Waals surface area contributed by atoms with Crippen LogP contribution in [0.3, 0.4) is 0 Å². The van der Waals surface area contributed by atoms with Crippen molar-refractivity contribution in [3.8, 4) is 0 Å². The summed E-state index contributed by atoms with van der Waals surface area (Å²) in [5.74, 6) is 0. The molecule has 3 nitrogen and oxygen atoms in total. The van der Waals surface area contributed by atoms with E-state index in [-0.39, 0.29) is 0 Å². The quantitative estimate of drug-likeness (QED) is 0.829. The number of hydrogen-bond donors (Lipinski definition) is 1. The van der Waals surface area contributed by atoms with Crippen LogP contribution < -0.4 is 0 Å². The molecule has 18 heavy (non-hydrogen) atoms. The van der Waals surface area contributed by atoms with E-state index in [9.17, 15) is 0 Å². The minimum Gasteiger partial charge on any atom is -0.346 e. The van der Waals surface area contributed by atoms with Crippen LogP contribution in [0.15, 0.2) is 30.6 Å². The van der Waals surface area contributed by atoms with Crippen molar-refractivity contribution in [3.63, 3.8) is 0 Å². The van der Waals surface area contributed by atoms with Gasteiger partial charge in [0.25, 0.3) is 0 Å². The molecule has 1 fully saturated rings. The van der Waals surface area contributed by atoms with Crippen molar-refractivity contribution in [1.29, 1.82) is 0 Å². The summed E-state index contributed by atoms with van der Waals surface area (Å²) in [5.41, 5.74) is 3.85. The molecule has 0 amide bonds. The van der Waals surface area contributed by atoms with Crippen LogP contribution in [0.4, 0.5) is 0 Å². The number of pyridine rings is 1. The molecule has 0 aliphatic carbocycles. The predicted molar refractivity (Wildman–Crippen MR) is 73.3 cm³/mol. The highest BCUT2D eigenvalue weighted by atomic mass is 15.2. The average Bonchev–Trinajstić information content (AvgIpc) is 3.04. The molecular formula is C15H17N3. The second-order valence-corrected chi connectivity index (χ2v) is 5.29. The fraction of sp³-hybridized carbons (Fsp3) is 0.400. The Morgan fingerprint density at radius 2 is 2.33 bits per heavy atom. The summed E-state index contributed by atoms with van der Waals surface area (Å²) in [6.45, 7) is 2.49. The van der Waals surface area contributed by atoms with Gasteiger partial charge >= 0.3 is 0 Å². The summed E-state index contributed by atoms with van der Waals surface area (Å²) in [5, 5.41) is 1.26. The molecule has 0 aromatic carbocycles. The van der Waals surface area contributed by atoms with Crippen LogP contribution in [0.25, 0.3) is 16.6 Å². The summed E-state index contributed by atoms with van der Waals surface area (Å²) < 4.78 is 0. The van der Waals surface area contributed by atoms with E-state index in [1.165, 1.54) is 48.9 Å². The standard InChI is InChI=1S/C15H17N3/c1-4-13-14(10-17-15(13)16-6-1)11-5-8-18-7-2-3-12(18)9-11/h1,4,6,9-10,12H,2-3,5,7-8H2,(H,16,17). The number of fused-ring (bicyclic) bond motifs is 2. The van der Waals surface area contributed by atoms with Gasteiger partial charge in [0.05, 0.1) is 0 Å². The van der Waals surface area contributed by atoms with Gasteiger partial charge in [-0.25, -0.2) is 4.98 Å². The van der Waals surface area contributed by atoms with E-state index in [0.29, 0.717) is 6.04 Å².